The molecule has 3 aromatic rings. The quantitative estimate of drug-likeness (QED) is 0.631. The lowest BCUT2D eigenvalue weighted by atomic mass is 9.82. The lowest BCUT2D eigenvalue weighted by molar-refractivity contribution is 0.0700. The number of hydrogen-bond donors (Lipinski definition) is 2. The van der Waals surface area contributed by atoms with Crippen molar-refractivity contribution in [3.63, 3.8) is 0 Å². The van der Waals surface area contributed by atoms with Crippen molar-refractivity contribution in [2.75, 3.05) is 25.3 Å². The molecule has 3 heterocycles. The number of nitrogens with one attached hydrogen (secondary N) is 1. The van der Waals surface area contributed by atoms with Gasteiger partial charge in [0.1, 0.15) is 5.82 Å². The van der Waals surface area contributed by atoms with Gasteiger partial charge in [0.2, 0.25) is 6.79 Å². The standard InChI is InChI=1S/C26H23FN2O4/c27-18-5-1-15(2-6-18)16-3-7-21-20(11-16)25-19(22(13-30)28-21)9-10-29(25)26(31)17-4-8-23-24(12-17)33-14-32-23/h1-8,11-12,19,22,25,28,30H,9-10,13-14H2/t19-,22+,25-/m1/s1. The SMILES string of the molecule is O=C(c1ccc2c(c1)OCO2)N1CC[C@@H]2[C@H](CO)Nc3ccc(-c4ccc(F)cc4)cc3[C@@H]21. The lowest BCUT2D eigenvalue weighted by Gasteiger charge is -2.39. The Kier molecular flexibility index (Phi) is 4.73. The fourth-order valence-corrected chi connectivity index (χ4v) is 5.31. The zero-order valence-electron chi connectivity index (χ0n) is 17.8. The van der Waals surface area contributed by atoms with Gasteiger partial charge in [-0.1, -0.05) is 18.2 Å². The van der Waals surface area contributed by atoms with E-state index >= 15 is 0 Å². The molecule has 7 heteroatoms. The van der Waals surface area contributed by atoms with E-state index in [-0.39, 0.29) is 43.1 Å². The van der Waals surface area contributed by atoms with E-state index in [1.807, 2.05) is 17.0 Å². The van der Waals surface area contributed by atoms with Crippen molar-refractivity contribution < 1.29 is 23.8 Å². The van der Waals surface area contributed by atoms with E-state index in [2.05, 4.69) is 11.4 Å². The smallest absolute Gasteiger partial charge is 0.254 e. The van der Waals surface area contributed by atoms with Gasteiger partial charge in [0, 0.05) is 23.7 Å². The molecule has 0 bridgehead atoms. The number of anilines is 1. The fraction of sp³-hybridized carbons (Fsp3) is 0.269. The average molecular weight is 446 g/mol. The number of carbonyl (C=O) groups excluding carboxylic acids is 1. The zero-order valence-corrected chi connectivity index (χ0v) is 17.8. The Morgan fingerprint density at radius 3 is 2.64 bits per heavy atom. The molecule has 0 unspecified atom stereocenters. The normalized spacial score (nSPS) is 22.5. The summed E-state index contributed by atoms with van der Waals surface area (Å²) in [6.07, 6.45) is 0.791. The van der Waals surface area contributed by atoms with Crippen LogP contribution in [0.2, 0.25) is 0 Å². The lowest BCUT2D eigenvalue weighted by Crippen LogP contribution is -2.42. The molecule has 3 atom stereocenters. The first-order valence-corrected chi connectivity index (χ1v) is 11.1. The first-order chi connectivity index (χ1) is 16.1. The summed E-state index contributed by atoms with van der Waals surface area (Å²) in [5.41, 5.74) is 4.34. The monoisotopic (exact) mass is 446 g/mol. The van der Waals surface area contributed by atoms with Crippen molar-refractivity contribution in [1.82, 2.24) is 4.90 Å². The van der Waals surface area contributed by atoms with Crippen LogP contribution in [0.25, 0.3) is 11.1 Å². The number of fused-ring (bicyclic) bond motifs is 4. The van der Waals surface area contributed by atoms with Gasteiger partial charge in [0.25, 0.3) is 5.91 Å². The third-order valence-electron chi connectivity index (χ3n) is 6.93. The Hall–Kier alpha value is -3.58. The average Bonchev–Trinajstić information content (AvgIpc) is 3.50. The third kappa shape index (κ3) is 3.31. The molecule has 1 amide bonds. The number of nitrogens with zero attached hydrogens (tertiary/aromatic N) is 1. The molecule has 3 aliphatic heterocycles. The minimum Gasteiger partial charge on any atom is -0.454 e. The van der Waals surface area contributed by atoms with Crippen LogP contribution >= 0.6 is 0 Å². The zero-order chi connectivity index (χ0) is 22.5. The van der Waals surface area contributed by atoms with Gasteiger partial charge >= 0.3 is 0 Å². The molecule has 168 valence electrons. The molecule has 33 heavy (non-hydrogen) atoms. The van der Waals surface area contributed by atoms with Crippen LogP contribution in [-0.2, 0) is 0 Å². The van der Waals surface area contributed by atoms with Crippen molar-refractivity contribution >= 4 is 11.6 Å². The second-order valence-electron chi connectivity index (χ2n) is 8.71. The minimum atomic E-state index is -0.277. The number of hydrogen-bond acceptors (Lipinski definition) is 5. The van der Waals surface area contributed by atoms with Gasteiger partial charge in [-0.15, -0.1) is 0 Å². The molecule has 2 N–H and O–H groups in total. The number of aliphatic hydroxyl groups is 1. The Morgan fingerprint density at radius 1 is 1.03 bits per heavy atom. The highest BCUT2D eigenvalue weighted by Crippen LogP contribution is 2.48. The summed E-state index contributed by atoms with van der Waals surface area (Å²) in [5.74, 6) is 0.957. The van der Waals surface area contributed by atoms with E-state index in [9.17, 15) is 14.3 Å². The molecule has 3 aliphatic rings. The van der Waals surface area contributed by atoms with Crippen LogP contribution in [0.4, 0.5) is 10.1 Å². The van der Waals surface area contributed by atoms with E-state index in [0.29, 0.717) is 23.6 Å². The molecule has 3 aromatic carbocycles. The van der Waals surface area contributed by atoms with Gasteiger partial charge in [-0.3, -0.25) is 4.79 Å². The molecule has 6 nitrogen and oxygen atoms in total. The van der Waals surface area contributed by atoms with Crippen molar-refractivity contribution in [2.45, 2.75) is 18.5 Å². The number of ether oxygens (including phenoxy) is 2. The van der Waals surface area contributed by atoms with E-state index in [0.717, 1.165) is 28.8 Å². The summed E-state index contributed by atoms with van der Waals surface area (Å²) in [4.78, 5) is 15.5. The maximum atomic E-state index is 13.6. The van der Waals surface area contributed by atoms with E-state index in [4.69, 9.17) is 9.47 Å². The van der Waals surface area contributed by atoms with E-state index < -0.39 is 0 Å². The summed E-state index contributed by atoms with van der Waals surface area (Å²) < 4.78 is 24.3. The molecule has 6 rings (SSSR count). The number of amides is 1. The number of aliphatic hydroxyl groups excluding tert-OH is 1. The van der Waals surface area contributed by atoms with Gasteiger partial charge in [0.05, 0.1) is 18.7 Å². The molecule has 0 radical (unpaired) electrons. The topological polar surface area (TPSA) is 71.0 Å². The fourth-order valence-electron chi connectivity index (χ4n) is 5.31. The molecule has 0 saturated carbocycles. The highest BCUT2D eigenvalue weighted by molar-refractivity contribution is 5.95. The highest BCUT2D eigenvalue weighted by atomic mass is 19.1. The van der Waals surface area contributed by atoms with E-state index in [1.165, 1.54) is 12.1 Å². The molecule has 0 aliphatic carbocycles. The molecule has 0 spiro atoms. The third-order valence-corrected chi connectivity index (χ3v) is 6.93. The Morgan fingerprint density at radius 2 is 1.82 bits per heavy atom. The van der Waals surface area contributed by atoms with Crippen LogP contribution in [0.5, 0.6) is 11.5 Å². The molecular weight excluding hydrogens is 423 g/mol. The van der Waals surface area contributed by atoms with Crippen LogP contribution in [0, 0.1) is 11.7 Å². The van der Waals surface area contributed by atoms with Crippen molar-refractivity contribution in [3.05, 3.63) is 77.6 Å². The number of halogens is 1. The van der Waals surface area contributed by atoms with Crippen molar-refractivity contribution in [1.29, 1.82) is 0 Å². The Balaban J connectivity index is 1.39. The van der Waals surface area contributed by atoms with Crippen LogP contribution in [0.1, 0.15) is 28.4 Å². The first kappa shape index (κ1) is 20.1. The summed E-state index contributed by atoms with van der Waals surface area (Å²) in [5, 5.41) is 13.5. The van der Waals surface area contributed by atoms with Gasteiger partial charge in [-0.25, -0.2) is 4.39 Å². The predicted octanol–water partition coefficient (Wildman–Crippen LogP) is 4.21. The number of rotatable bonds is 3. The predicted molar refractivity (Wildman–Crippen MR) is 121 cm³/mol. The number of likely N-dealkylation sites (tertiary alicyclic amines) is 1. The van der Waals surface area contributed by atoms with Crippen LogP contribution in [-0.4, -0.2) is 41.9 Å². The number of carbonyl (C=O) groups is 1. The second kappa shape index (κ2) is 7.78. The van der Waals surface area contributed by atoms with Crippen molar-refractivity contribution in [2.24, 2.45) is 5.92 Å². The highest BCUT2D eigenvalue weighted by Gasteiger charge is 2.46. The first-order valence-electron chi connectivity index (χ1n) is 11.1. The summed E-state index contributed by atoms with van der Waals surface area (Å²) in [6.45, 7) is 0.748. The second-order valence-corrected chi connectivity index (χ2v) is 8.71. The van der Waals surface area contributed by atoms with E-state index in [1.54, 1.807) is 30.3 Å². The largest absolute Gasteiger partial charge is 0.454 e. The van der Waals surface area contributed by atoms with Crippen LogP contribution in [0.15, 0.2) is 60.7 Å². The minimum absolute atomic E-state index is 0.00756. The maximum absolute atomic E-state index is 13.6. The van der Waals surface area contributed by atoms with Crippen molar-refractivity contribution in [3.8, 4) is 22.6 Å². The van der Waals surface area contributed by atoms with Gasteiger partial charge in [-0.2, -0.15) is 0 Å². The summed E-state index contributed by atoms with van der Waals surface area (Å²) in [6, 6.07) is 17.4. The van der Waals surface area contributed by atoms with Gasteiger partial charge in [0.15, 0.2) is 11.5 Å². The van der Waals surface area contributed by atoms with Gasteiger partial charge in [-0.05, 0) is 65.6 Å². The molecule has 1 fully saturated rings. The molecule has 0 aromatic heterocycles. The Bertz CT molecular complexity index is 1230. The summed E-state index contributed by atoms with van der Waals surface area (Å²) >= 11 is 0. The van der Waals surface area contributed by atoms with Gasteiger partial charge < -0.3 is 24.8 Å². The molecule has 1 saturated heterocycles. The summed E-state index contributed by atoms with van der Waals surface area (Å²) in [7, 11) is 0. The number of benzene rings is 3. The molecular formula is C26H23FN2O4. The van der Waals surface area contributed by atoms with Crippen LogP contribution in [0.3, 0.4) is 0 Å². The van der Waals surface area contributed by atoms with Crippen LogP contribution < -0.4 is 14.8 Å². The maximum Gasteiger partial charge on any atom is 0.254 e. The Labute approximate surface area is 190 Å².